The van der Waals surface area contributed by atoms with Crippen molar-refractivity contribution >= 4 is 11.8 Å². The molecule has 0 aliphatic carbocycles. The molecule has 0 radical (unpaired) electrons. The molecule has 336 valence electrons. The molecule has 0 spiro atoms. The summed E-state index contributed by atoms with van der Waals surface area (Å²) in [5.41, 5.74) is -1.68. The van der Waals surface area contributed by atoms with Gasteiger partial charge in [-0.25, -0.2) is 4.79 Å². The summed E-state index contributed by atoms with van der Waals surface area (Å²) in [4.78, 5) is 51.1. The number of H-pyrrole nitrogens is 1. The molecule has 1 aromatic heterocycles. The predicted molar refractivity (Wildman–Crippen MR) is 207 cm³/mol. The normalized spacial score (nSPS) is 34.3. The number of aliphatic hydroxyl groups excluding tert-OH is 8. The number of carbonyl (C=O) groups is 2. The molecule has 0 bridgehead atoms. The van der Waals surface area contributed by atoms with Crippen molar-refractivity contribution in [3.05, 3.63) is 45.3 Å². The molecule has 0 saturated carbocycles. The van der Waals surface area contributed by atoms with Crippen LogP contribution in [0.1, 0.15) is 97.6 Å². The molecule has 3 aliphatic rings. The van der Waals surface area contributed by atoms with Crippen LogP contribution in [-0.4, -0.2) is 155 Å². The maximum atomic E-state index is 13.1. The second kappa shape index (κ2) is 23.2. The fourth-order valence-corrected chi connectivity index (χ4v) is 7.63. The van der Waals surface area contributed by atoms with Gasteiger partial charge in [-0.3, -0.25) is 23.9 Å². The second-order valence-corrected chi connectivity index (χ2v) is 16.1. The summed E-state index contributed by atoms with van der Waals surface area (Å²) in [5, 5.41) is 91.4. The molecule has 0 aromatic carbocycles. The topological polar surface area (TPSA) is 312 Å². The predicted octanol–water partition coefficient (Wildman–Crippen LogP) is -2.09. The van der Waals surface area contributed by atoms with E-state index in [-0.39, 0.29) is 0 Å². The highest BCUT2D eigenvalue weighted by atomic mass is 16.8. The number of nitrogens with zero attached hydrogens (tertiary/aromatic N) is 1. The number of unbranched alkanes of at least 4 members (excludes halogenated alkanes) is 8. The minimum atomic E-state index is -1.85. The number of allylic oxidation sites excluding steroid dienone is 1. The van der Waals surface area contributed by atoms with Gasteiger partial charge >= 0.3 is 5.69 Å². The van der Waals surface area contributed by atoms with Gasteiger partial charge in [-0.2, -0.15) is 0 Å². The van der Waals surface area contributed by atoms with Crippen LogP contribution in [0.15, 0.2) is 34.0 Å². The van der Waals surface area contributed by atoms with Crippen molar-refractivity contribution in [2.45, 2.75) is 183 Å². The van der Waals surface area contributed by atoms with Crippen LogP contribution in [0.4, 0.5) is 0 Å². The minimum Gasteiger partial charge on any atom is -0.394 e. The molecule has 59 heavy (non-hydrogen) atoms. The fraction of sp³-hybridized carbons (Fsp3) is 0.795. The summed E-state index contributed by atoms with van der Waals surface area (Å²) in [5.74, 6) is -0.621. The van der Waals surface area contributed by atoms with Gasteiger partial charge in [0.2, 0.25) is 11.8 Å². The number of hydrogen-bond donors (Lipinski definition) is 11. The van der Waals surface area contributed by atoms with E-state index in [1.807, 2.05) is 4.98 Å². The first-order valence-electron chi connectivity index (χ1n) is 20.6. The van der Waals surface area contributed by atoms with Gasteiger partial charge in [0, 0.05) is 25.6 Å². The number of aliphatic hydroxyl groups is 8. The maximum Gasteiger partial charge on any atom is 0.330 e. The third kappa shape index (κ3) is 13.4. The van der Waals surface area contributed by atoms with Crippen LogP contribution in [0, 0.1) is 5.92 Å². The van der Waals surface area contributed by atoms with E-state index in [0.717, 1.165) is 55.4 Å². The molecule has 3 saturated heterocycles. The molecular weight excluding hydrogens is 780 g/mol. The molecule has 11 N–H and O–H groups in total. The Balaban J connectivity index is 1.44. The van der Waals surface area contributed by atoms with E-state index in [1.165, 1.54) is 38.2 Å². The van der Waals surface area contributed by atoms with Gasteiger partial charge in [-0.15, -0.1) is 0 Å². The third-order valence-corrected chi connectivity index (χ3v) is 11.0. The van der Waals surface area contributed by atoms with Crippen LogP contribution < -0.4 is 21.9 Å². The molecule has 15 atom stereocenters. The van der Waals surface area contributed by atoms with Crippen LogP contribution in [0.25, 0.3) is 0 Å². The Morgan fingerprint density at radius 2 is 1.39 bits per heavy atom. The number of amides is 2. The molecule has 4 heterocycles. The van der Waals surface area contributed by atoms with Crippen molar-refractivity contribution < 1.29 is 69.4 Å². The number of nitrogens with one attached hydrogen (secondary N) is 3. The largest absolute Gasteiger partial charge is 0.394 e. The number of rotatable bonds is 21. The molecule has 4 rings (SSSR count). The molecule has 3 fully saturated rings. The van der Waals surface area contributed by atoms with Gasteiger partial charge in [-0.05, 0) is 24.8 Å². The Kier molecular flexibility index (Phi) is 19.1. The summed E-state index contributed by atoms with van der Waals surface area (Å²) in [6, 6.07) is -2.01. The van der Waals surface area contributed by atoms with Crippen molar-refractivity contribution in [1.82, 2.24) is 20.2 Å². The van der Waals surface area contributed by atoms with Crippen LogP contribution in [0.2, 0.25) is 0 Å². The van der Waals surface area contributed by atoms with Gasteiger partial charge < -0.3 is 70.4 Å². The van der Waals surface area contributed by atoms with Crippen LogP contribution in [-0.2, 0) is 28.5 Å². The summed E-state index contributed by atoms with van der Waals surface area (Å²) in [6.07, 6.45) is -7.65. The van der Waals surface area contributed by atoms with Gasteiger partial charge in [-0.1, -0.05) is 71.3 Å². The average molecular weight is 845 g/mol. The standard InChI is InChI=1S/C39H64N4O16/c1-20(2)14-12-10-8-6-4-5-7-9-11-13-15-25(47)41-28-32(52)29(49)23(56-38(28)59-37-27(40-21(3)45)31(51)30(50)24(19-44)57-37)18-22(46)35-33(53)34(54)36(58-35)43-17-16-26(48)42-39(43)55/h13,15-17,20,22-24,27-38,44,46,49-54H,4-12,14,18-19H2,1-3H3,(H,40,45)(H,41,47)(H,42,48,55)/b15-13+. The molecule has 2 amide bonds. The van der Waals surface area contributed by atoms with Crippen LogP contribution in [0.3, 0.4) is 0 Å². The summed E-state index contributed by atoms with van der Waals surface area (Å²) in [6.45, 7) is 4.81. The van der Waals surface area contributed by atoms with E-state index >= 15 is 0 Å². The highest BCUT2D eigenvalue weighted by Crippen LogP contribution is 2.34. The molecule has 15 unspecified atom stereocenters. The highest BCUT2D eigenvalue weighted by molar-refractivity contribution is 5.87. The fourth-order valence-electron chi connectivity index (χ4n) is 7.63. The first-order valence-corrected chi connectivity index (χ1v) is 20.6. The van der Waals surface area contributed by atoms with Crippen molar-refractivity contribution in [1.29, 1.82) is 0 Å². The Labute approximate surface area is 342 Å². The number of aromatic amines is 1. The summed E-state index contributed by atoms with van der Waals surface area (Å²) < 4.78 is 24.1. The van der Waals surface area contributed by atoms with E-state index in [4.69, 9.17) is 18.9 Å². The first-order chi connectivity index (χ1) is 28.0. The lowest BCUT2D eigenvalue weighted by atomic mass is 9.91. The Morgan fingerprint density at radius 1 is 0.814 bits per heavy atom. The molecule has 20 heteroatoms. The Hall–Kier alpha value is -3.12. The number of ether oxygens (including phenoxy) is 4. The second-order valence-electron chi connectivity index (χ2n) is 16.1. The van der Waals surface area contributed by atoms with Crippen LogP contribution >= 0.6 is 0 Å². The monoisotopic (exact) mass is 844 g/mol. The zero-order valence-electron chi connectivity index (χ0n) is 33.8. The third-order valence-electron chi connectivity index (χ3n) is 11.0. The van der Waals surface area contributed by atoms with E-state index in [2.05, 4.69) is 24.5 Å². The Morgan fingerprint density at radius 3 is 1.98 bits per heavy atom. The number of carbonyl (C=O) groups excluding carboxylic acids is 2. The van der Waals surface area contributed by atoms with Crippen molar-refractivity contribution in [2.24, 2.45) is 5.92 Å². The zero-order chi connectivity index (χ0) is 43.4. The zero-order valence-corrected chi connectivity index (χ0v) is 33.8. The van der Waals surface area contributed by atoms with Crippen molar-refractivity contribution in [2.75, 3.05) is 6.61 Å². The van der Waals surface area contributed by atoms with Crippen molar-refractivity contribution in [3.8, 4) is 0 Å². The molecule has 20 nitrogen and oxygen atoms in total. The van der Waals surface area contributed by atoms with E-state index in [9.17, 15) is 60.0 Å². The van der Waals surface area contributed by atoms with Gasteiger partial charge in [0.1, 0.15) is 60.9 Å². The smallest absolute Gasteiger partial charge is 0.330 e. The van der Waals surface area contributed by atoms with Gasteiger partial charge in [0.25, 0.3) is 5.56 Å². The molecule has 1 aromatic rings. The van der Waals surface area contributed by atoms with E-state index in [1.54, 1.807) is 6.08 Å². The SMILES string of the molecule is CC(=O)NC1C(OC2OC(CC(O)C3OC(n4ccc(=O)[nH]c4=O)C(O)C3O)C(O)C(O)C2NC(=O)/C=C/CCCCCCCCCCC(C)C)OC(CO)C(O)C1O. The minimum absolute atomic E-state index is 0.597. The highest BCUT2D eigenvalue weighted by Gasteiger charge is 2.53. The molecule has 3 aliphatic heterocycles. The van der Waals surface area contributed by atoms with Gasteiger partial charge in [0.15, 0.2) is 18.8 Å². The summed E-state index contributed by atoms with van der Waals surface area (Å²) in [7, 11) is 0. The lowest BCUT2D eigenvalue weighted by Crippen LogP contribution is -2.68. The maximum absolute atomic E-state index is 13.1. The Bertz CT molecular complexity index is 1610. The van der Waals surface area contributed by atoms with E-state index < -0.39 is 128 Å². The average Bonchev–Trinajstić information content (AvgIpc) is 3.47. The number of aromatic nitrogens is 2. The summed E-state index contributed by atoms with van der Waals surface area (Å²) >= 11 is 0. The lowest BCUT2D eigenvalue weighted by Gasteiger charge is -2.47. The number of hydrogen-bond acceptors (Lipinski definition) is 16. The van der Waals surface area contributed by atoms with Crippen molar-refractivity contribution in [3.63, 3.8) is 0 Å². The van der Waals surface area contributed by atoms with E-state index in [0.29, 0.717) is 6.42 Å². The lowest BCUT2D eigenvalue weighted by molar-refractivity contribution is -0.346. The van der Waals surface area contributed by atoms with Crippen LogP contribution in [0.5, 0.6) is 0 Å². The quantitative estimate of drug-likeness (QED) is 0.0467. The van der Waals surface area contributed by atoms with Gasteiger partial charge in [0.05, 0.1) is 18.8 Å². The first kappa shape index (κ1) is 48.5. The molecular formula is C39H64N4O16.